The van der Waals surface area contributed by atoms with Gasteiger partial charge in [-0.25, -0.2) is 0 Å². The van der Waals surface area contributed by atoms with Crippen LogP contribution < -0.4 is 11.1 Å². The summed E-state index contributed by atoms with van der Waals surface area (Å²) < 4.78 is 11.6. The topological polar surface area (TPSA) is 72.2 Å². The molecule has 0 rings (SSSR count). The lowest BCUT2D eigenvalue weighted by molar-refractivity contribution is -0.119. The molecule has 0 saturated carbocycles. The molecule has 0 heterocycles. The number of nitrogens with two attached hydrogens (primary N) is 1. The lowest BCUT2D eigenvalue weighted by Crippen LogP contribution is -2.36. The first-order valence-electron chi connectivity index (χ1n) is 5.84. The molecular weight excluding hydrogens is 224 g/mol. The van der Waals surface area contributed by atoms with E-state index in [9.17, 15) is 9.00 Å². The summed E-state index contributed by atoms with van der Waals surface area (Å²) in [6, 6.07) is 0.168. The van der Waals surface area contributed by atoms with Crippen molar-refractivity contribution in [1.29, 1.82) is 0 Å². The van der Waals surface area contributed by atoms with Gasteiger partial charge in [-0.3, -0.25) is 9.00 Å². The van der Waals surface area contributed by atoms with E-state index in [4.69, 9.17) is 5.73 Å². The fourth-order valence-electron chi connectivity index (χ4n) is 1.41. The quantitative estimate of drug-likeness (QED) is 0.662. The largest absolute Gasteiger partial charge is 0.353 e. The third-order valence-corrected chi connectivity index (χ3v) is 3.82. The normalized spacial score (nSPS) is 16.5. The molecule has 0 aromatic carbocycles. The van der Waals surface area contributed by atoms with Crippen LogP contribution in [-0.2, 0) is 15.6 Å². The Bertz CT molecular complexity index is 234. The molecule has 0 bridgehead atoms. The molecule has 3 N–H and O–H groups in total. The van der Waals surface area contributed by atoms with Crippen molar-refractivity contribution in [2.24, 2.45) is 11.7 Å². The van der Waals surface area contributed by atoms with Crippen molar-refractivity contribution < 1.29 is 9.00 Å². The molecule has 1 amide bonds. The van der Waals surface area contributed by atoms with Gasteiger partial charge in [0, 0.05) is 22.6 Å². The van der Waals surface area contributed by atoms with E-state index in [2.05, 4.69) is 12.2 Å². The zero-order valence-corrected chi connectivity index (χ0v) is 11.3. The van der Waals surface area contributed by atoms with Crippen molar-refractivity contribution in [3.05, 3.63) is 0 Å². The molecule has 96 valence electrons. The number of amides is 1. The fourth-order valence-corrected chi connectivity index (χ4v) is 2.68. The third kappa shape index (κ3) is 7.82. The van der Waals surface area contributed by atoms with Gasteiger partial charge in [0.15, 0.2) is 0 Å². The third-order valence-electron chi connectivity index (χ3n) is 2.29. The maximum atomic E-state index is 11.6. The first-order chi connectivity index (χ1) is 7.49. The van der Waals surface area contributed by atoms with Gasteiger partial charge in [0.25, 0.3) is 0 Å². The Morgan fingerprint density at radius 3 is 2.56 bits per heavy atom. The monoisotopic (exact) mass is 248 g/mol. The number of carbonyl (C=O) groups excluding carboxylic acids is 1. The van der Waals surface area contributed by atoms with Crippen molar-refractivity contribution in [2.75, 3.05) is 18.1 Å². The van der Waals surface area contributed by atoms with E-state index in [1.807, 2.05) is 13.8 Å². The molecule has 0 spiro atoms. The summed E-state index contributed by atoms with van der Waals surface area (Å²) in [6.45, 7) is 6.49. The highest BCUT2D eigenvalue weighted by atomic mass is 32.2. The van der Waals surface area contributed by atoms with Crippen LogP contribution in [0.15, 0.2) is 0 Å². The van der Waals surface area contributed by atoms with Crippen molar-refractivity contribution in [2.45, 2.75) is 39.7 Å². The van der Waals surface area contributed by atoms with Crippen molar-refractivity contribution in [1.82, 2.24) is 5.32 Å². The van der Waals surface area contributed by atoms with Crippen molar-refractivity contribution in [3.8, 4) is 0 Å². The number of nitrogens with one attached hydrogen (secondary N) is 1. The van der Waals surface area contributed by atoms with Gasteiger partial charge in [0.2, 0.25) is 5.91 Å². The highest BCUT2D eigenvalue weighted by molar-refractivity contribution is 7.85. The molecule has 0 saturated heterocycles. The van der Waals surface area contributed by atoms with Gasteiger partial charge >= 0.3 is 0 Å². The summed E-state index contributed by atoms with van der Waals surface area (Å²) in [7, 11) is -1.09. The van der Waals surface area contributed by atoms with Crippen molar-refractivity contribution >= 4 is 16.7 Å². The number of hydrogen-bond donors (Lipinski definition) is 2. The molecule has 5 heteroatoms. The molecular formula is C11H24N2O2S. The van der Waals surface area contributed by atoms with Crippen LogP contribution in [0.4, 0.5) is 0 Å². The molecule has 0 fully saturated rings. The number of hydrogen-bond acceptors (Lipinski definition) is 3. The molecule has 0 radical (unpaired) electrons. The van der Waals surface area contributed by atoms with Gasteiger partial charge in [-0.2, -0.15) is 0 Å². The molecule has 0 aliphatic carbocycles. The van der Waals surface area contributed by atoms with Crippen LogP contribution in [-0.4, -0.2) is 34.2 Å². The lowest BCUT2D eigenvalue weighted by Gasteiger charge is -2.13. The highest BCUT2D eigenvalue weighted by Crippen LogP contribution is 1.98. The van der Waals surface area contributed by atoms with Crippen LogP contribution in [0.25, 0.3) is 0 Å². The molecule has 3 unspecified atom stereocenters. The van der Waals surface area contributed by atoms with E-state index in [0.29, 0.717) is 12.3 Å². The van der Waals surface area contributed by atoms with Crippen LogP contribution in [0.2, 0.25) is 0 Å². The summed E-state index contributed by atoms with van der Waals surface area (Å²) >= 11 is 0. The maximum absolute atomic E-state index is 11.6. The Morgan fingerprint density at radius 1 is 1.44 bits per heavy atom. The van der Waals surface area contributed by atoms with E-state index >= 15 is 0 Å². The van der Waals surface area contributed by atoms with Crippen LogP contribution in [0.1, 0.15) is 33.6 Å². The van der Waals surface area contributed by atoms with E-state index in [1.165, 1.54) is 0 Å². The van der Waals surface area contributed by atoms with Gasteiger partial charge in [0.05, 0.1) is 0 Å². The minimum absolute atomic E-state index is 0.0956. The summed E-state index contributed by atoms with van der Waals surface area (Å²) in [6.07, 6.45) is 1.99. The molecule has 0 aliphatic rings. The predicted octanol–water partition coefficient (Wildman–Crippen LogP) is 0.635. The Kier molecular flexibility index (Phi) is 8.47. The lowest BCUT2D eigenvalue weighted by atomic mass is 10.2. The molecule has 0 aromatic heterocycles. The zero-order valence-electron chi connectivity index (χ0n) is 10.5. The Labute approximate surface area is 101 Å². The Hall–Kier alpha value is -0.420. The minimum atomic E-state index is -1.09. The SMILES string of the molecule is CCCC(C)NC(=O)CS(=O)CC(C)CN. The summed E-state index contributed by atoms with van der Waals surface area (Å²) in [5.74, 6) is 0.690. The fraction of sp³-hybridized carbons (Fsp3) is 0.909. The first kappa shape index (κ1) is 15.6. The summed E-state index contributed by atoms with van der Waals surface area (Å²) in [5, 5.41) is 2.84. The summed E-state index contributed by atoms with van der Waals surface area (Å²) in [5.41, 5.74) is 5.44. The molecule has 4 nitrogen and oxygen atoms in total. The van der Waals surface area contributed by atoms with E-state index < -0.39 is 10.8 Å². The number of rotatable bonds is 8. The van der Waals surface area contributed by atoms with E-state index in [-0.39, 0.29) is 23.6 Å². The second-order valence-corrected chi connectivity index (χ2v) is 5.85. The van der Waals surface area contributed by atoms with Crippen LogP contribution in [0, 0.1) is 5.92 Å². The van der Waals surface area contributed by atoms with E-state index in [0.717, 1.165) is 12.8 Å². The number of carbonyl (C=O) groups is 1. The van der Waals surface area contributed by atoms with Crippen LogP contribution in [0.3, 0.4) is 0 Å². The standard InChI is InChI=1S/C11H24N2O2S/c1-4-5-10(3)13-11(14)8-16(15)7-9(2)6-12/h9-10H,4-8,12H2,1-3H3,(H,13,14). The van der Waals surface area contributed by atoms with Gasteiger partial charge in [-0.15, -0.1) is 0 Å². The zero-order chi connectivity index (χ0) is 12.6. The molecule has 3 atom stereocenters. The molecule has 0 aliphatic heterocycles. The Morgan fingerprint density at radius 2 is 2.06 bits per heavy atom. The van der Waals surface area contributed by atoms with Crippen LogP contribution >= 0.6 is 0 Å². The average Bonchev–Trinajstić information content (AvgIpc) is 2.16. The highest BCUT2D eigenvalue weighted by Gasteiger charge is 2.12. The van der Waals surface area contributed by atoms with E-state index in [1.54, 1.807) is 0 Å². The van der Waals surface area contributed by atoms with Gasteiger partial charge < -0.3 is 11.1 Å². The average molecular weight is 248 g/mol. The molecule has 0 aromatic rings. The second-order valence-electron chi connectivity index (χ2n) is 4.35. The smallest absolute Gasteiger partial charge is 0.232 e. The summed E-state index contributed by atoms with van der Waals surface area (Å²) in [4.78, 5) is 11.5. The second kappa shape index (κ2) is 8.70. The van der Waals surface area contributed by atoms with Crippen LogP contribution in [0.5, 0.6) is 0 Å². The maximum Gasteiger partial charge on any atom is 0.232 e. The van der Waals surface area contributed by atoms with Gasteiger partial charge in [-0.05, 0) is 25.8 Å². The molecule has 16 heavy (non-hydrogen) atoms. The first-order valence-corrected chi connectivity index (χ1v) is 7.32. The predicted molar refractivity (Wildman–Crippen MR) is 68.6 cm³/mol. The van der Waals surface area contributed by atoms with Gasteiger partial charge in [0.1, 0.15) is 5.75 Å². The van der Waals surface area contributed by atoms with Gasteiger partial charge in [-0.1, -0.05) is 20.3 Å². The Balaban J connectivity index is 3.82. The minimum Gasteiger partial charge on any atom is -0.353 e. The van der Waals surface area contributed by atoms with Crippen molar-refractivity contribution in [3.63, 3.8) is 0 Å².